The maximum Gasteiger partial charge on any atom is 0.143 e. The third kappa shape index (κ3) is 10.5. The van der Waals surface area contributed by atoms with E-state index in [1.54, 1.807) is 0 Å². The Kier molecular flexibility index (Phi) is 15.9. The number of nitrogens with zero attached hydrogens (tertiary/aromatic N) is 2. The topological polar surface area (TPSA) is 32.8 Å². The number of hydrogen-bond donors (Lipinski definition) is 0. The second-order valence-corrected chi connectivity index (χ2v) is 37.2. The normalized spacial score (nSPS) is 14.3. The molecule has 0 bridgehead atoms. The van der Waals surface area contributed by atoms with E-state index in [-0.39, 0.29) is 16.2 Å². The third-order valence-corrected chi connectivity index (χ3v) is 29.1. The van der Waals surface area contributed by atoms with Crippen LogP contribution in [0.3, 0.4) is 0 Å². The Morgan fingerprint density at radius 3 is 1.07 bits per heavy atom. The largest absolute Gasteiger partial charge is 0.455 e. The summed E-state index contributed by atoms with van der Waals surface area (Å²) < 4.78 is 13.9. The van der Waals surface area contributed by atoms with Crippen LogP contribution >= 0.6 is 0 Å². The van der Waals surface area contributed by atoms with Gasteiger partial charge in [0.2, 0.25) is 0 Å². The molecule has 4 aliphatic rings. The molecule has 0 atom stereocenters. The average Bonchev–Trinajstić information content (AvgIpc) is 1.53. The molecular weight excluding hydrogens is 1530 g/mol. The van der Waals surface area contributed by atoms with Gasteiger partial charge < -0.3 is 18.6 Å². The molecule has 126 heavy (non-hydrogen) atoms. The van der Waals surface area contributed by atoms with Gasteiger partial charge >= 0.3 is 0 Å². The SMILES string of the molecule is CC1(C)c2cc(-c3ccccc3N(c3ccccc3-c3cccc4c3-c3ccccc3C4(C)C)c3ccccc3-c3cccc4oc5c6ccccc6ccc5c34)ccc2-c2ccc(-c3ccc(-c4ccccc4N(c4ccc5c(c4)C(C)(C)c4ccccc4-5)c4ccccc4-c4cccc5oc6c7ccccc7ccc6c45)c4c3C(C)(C)c3ccccc3-4)cc21. The van der Waals surface area contributed by atoms with Crippen molar-refractivity contribution in [2.45, 2.75) is 77.0 Å². The molecule has 25 rings (SSSR count). The third-order valence-electron chi connectivity index (χ3n) is 29.1. The van der Waals surface area contributed by atoms with E-state index in [1.807, 2.05) is 0 Å². The Morgan fingerprint density at radius 1 is 0.198 bits per heavy atom. The zero-order chi connectivity index (χ0) is 84.4. The number of fused-ring (bicyclic) bond motifs is 22. The Bertz CT molecular complexity index is 8260. The summed E-state index contributed by atoms with van der Waals surface area (Å²) >= 11 is 0. The summed E-state index contributed by atoms with van der Waals surface area (Å²) in [6, 6.07) is 146. The van der Waals surface area contributed by atoms with Crippen molar-refractivity contribution in [2.24, 2.45) is 0 Å². The van der Waals surface area contributed by atoms with Crippen LogP contribution in [0.25, 0.3) is 177 Å². The predicted molar refractivity (Wildman–Crippen MR) is 528 cm³/mol. The fourth-order valence-electron chi connectivity index (χ4n) is 23.1. The van der Waals surface area contributed by atoms with Crippen LogP contribution in [0.1, 0.15) is 99.9 Å². The molecule has 0 unspecified atom stereocenters. The monoisotopic (exact) mass is 1610 g/mol. The van der Waals surface area contributed by atoms with Crippen LogP contribution in [-0.2, 0) is 21.7 Å². The van der Waals surface area contributed by atoms with Gasteiger partial charge in [0.05, 0.1) is 28.4 Å². The van der Waals surface area contributed by atoms with Crippen LogP contribution in [0.5, 0.6) is 0 Å². The van der Waals surface area contributed by atoms with Crippen LogP contribution < -0.4 is 9.80 Å². The molecule has 2 heterocycles. The molecule has 0 fully saturated rings. The zero-order valence-corrected chi connectivity index (χ0v) is 71.7. The van der Waals surface area contributed by atoms with E-state index >= 15 is 0 Å². The lowest BCUT2D eigenvalue weighted by atomic mass is 9.76. The number of hydrogen-bond acceptors (Lipinski definition) is 4. The molecule has 0 spiro atoms. The van der Waals surface area contributed by atoms with Gasteiger partial charge in [-0.05, 0) is 218 Å². The van der Waals surface area contributed by atoms with Crippen LogP contribution in [0, 0.1) is 0 Å². The summed E-state index contributed by atoms with van der Waals surface area (Å²) in [7, 11) is 0. The summed E-state index contributed by atoms with van der Waals surface area (Å²) in [5, 5.41) is 8.92. The molecule has 4 aliphatic carbocycles. The number of benzene rings is 19. The van der Waals surface area contributed by atoms with Crippen LogP contribution in [0.2, 0.25) is 0 Å². The summed E-state index contributed by atoms with van der Waals surface area (Å²) in [6.45, 7) is 19.3. The molecule has 0 aliphatic heterocycles. The lowest BCUT2D eigenvalue weighted by Crippen LogP contribution is -2.17. The number of anilines is 6. The first-order valence-electron chi connectivity index (χ1n) is 44.4. The summed E-state index contributed by atoms with van der Waals surface area (Å²) in [5.74, 6) is 0. The first-order chi connectivity index (χ1) is 61.6. The van der Waals surface area contributed by atoms with E-state index in [1.165, 1.54) is 111 Å². The minimum Gasteiger partial charge on any atom is -0.455 e. The zero-order valence-electron chi connectivity index (χ0n) is 71.7. The van der Waals surface area contributed by atoms with Crippen LogP contribution in [0.15, 0.2) is 397 Å². The molecule has 0 saturated heterocycles. The Hall–Kier alpha value is -15.1. The summed E-state index contributed by atoms with van der Waals surface area (Å²) in [6.07, 6.45) is 0. The first kappa shape index (κ1) is 73.6. The van der Waals surface area contributed by atoms with Gasteiger partial charge in [-0.25, -0.2) is 0 Å². The molecule has 0 N–H and O–H groups in total. The fraction of sp³-hybridized carbons (Fsp3) is 0.0984. The van der Waals surface area contributed by atoms with Crippen molar-refractivity contribution in [3.8, 4) is 111 Å². The van der Waals surface area contributed by atoms with Gasteiger partial charge in [-0.15, -0.1) is 0 Å². The second kappa shape index (κ2) is 27.2. The van der Waals surface area contributed by atoms with Crippen molar-refractivity contribution in [1.29, 1.82) is 0 Å². The maximum absolute atomic E-state index is 6.97. The molecule has 4 heteroatoms. The quantitative estimate of drug-likeness (QED) is 0.122. The van der Waals surface area contributed by atoms with E-state index < -0.39 is 5.41 Å². The molecule has 598 valence electrons. The van der Waals surface area contributed by atoms with Gasteiger partial charge in [0.15, 0.2) is 0 Å². The van der Waals surface area contributed by atoms with Gasteiger partial charge in [0, 0.05) is 87.5 Å². The van der Waals surface area contributed by atoms with E-state index in [0.29, 0.717) is 0 Å². The van der Waals surface area contributed by atoms with Gasteiger partial charge in [-0.3, -0.25) is 0 Å². The van der Waals surface area contributed by atoms with E-state index in [2.05, 4.69) is 453 Å². The second-order valence-electron chi connectivity index (χ2n) is 37.2. The average molecular weight is 1610 g/mol. The van der Waals surface area contributed by atoms with Gasteiger partial charge in [-0.1, -0.05) is 365 Å². The highest BCUT2D eigenvalue weighted by molar-refractivity contribution is 6.22. The molecule has 0 saturated carbocycles. The van der Waals surface area contributed by atoms with Crippen molar-refractivity contribution in [1.82, 2.24) is 0 Å². The highest BCUT2D eigenvalue weighted by Crippen LogP contribution is 2.62. The van der Waals surface area contributed by atoms with Crippen LogP contribution in [-0.4, -0.2) is 0 Å². The van der Waals surface area contributed by atoms with Crippen molar-refractivity contribution >= 4 is 99.5 Å². The van der Waals surface area contributed by atoms with Crippen molar-refractivity contribution in [3.63, 3.8) is 0 Å². The molecule has 4 nitrogen and oxygen atoms in total. The first-order valence-corrected chi connectivity index (χ1v) is 44.4. The minimum atomic E-state index is -0.403. The molecule has 2 aromatic heterocycles. The number of para-hydroxylation sites is 5. The Morgan fingerprint density at radius 2 is 0.532 bits per heavy atom. The minimum absolute atomic E-state index is 0.192. The fourth-order valence-corrected chi connectivity index (χ4v) is 23.1. The number of rotatable bonds is 12. The van der Waals surface area contributed by atoms with Crippen molar-refractivity contribution in [2.75, 3.05) is 9.80 Å². The molecule has 0 amide bonds. The Balaban J connectivity index is 0.636. The van der Waals surface area contributed by atoms with Crippen molar-refractivity contribution in [3.05, 3.63) is 433 Å². The highest BCUT2D eigenvalue weighted by Gasteiger charge is 2.44. The summed E-state index contributed by atoms with van der Waals surface area (Å²) in [4.78, 5) is 5.13. The van der Waals surface area contributed by atoms with Gasteiger partial charge in [-0.2, -0.15) is 0 Å². The van der Waals surface area contributed by atoms with Crippen molar-refractivity contribution < 1.29 is 8.83 Å². The summed E-state index contributed by atoms with van der Waals surface area (Å²) in [5.41, 5.74) is 43.5. The van der Waals surface area contributed by atoms with Gasteiger partial charge in [0.25, 0.3) is 0 Å². The molecule has 21 aromatic rings. The standard InChI is InChI=1S/C122H88N2O2/c1-119(2)99-48-22-14-42-94(99)112-90(44-29-50-101(112)119)86-38-19-27-54-108(86)124(109-55-28-20-40-88(109)92-46-31-57-111-114(92)97-66-59-74-33-10-12-36-81(74)118(97)126-111)105-51-24-16-34-78(105)75-60-63-83-84-64-61-76(71-103(84)121(5,6)102(83)70-75)79-68-69-93(115-95-43-15-23-49-100(95)122(7,8)116(79)115)89-41-18-26-53-107(89)123(77-62-67-85-82-37-13-21-47-98(82)120(3,4)104(85)72-77)106-52-25-17-39-87(106)91-45-30-56-110-113(91)96-65-58-73-32-9-11-35-80(73)117(96)125-110/h9-72H,1-8H3. The van der Waals surface area contributed by atoms with Gasteiger partial charge in [0.1, 0.15) is 22.3 Å². The van der Waals surface area contributed by atoms with E-state index in [9.17, 15) is 0 Å². The lowest BCUT2D eigenvalue weighted by Gasteiger charge is -2.32. The molecule has 0 radical (unpaired) electrons. The number of furan rings is 2. The molecule has 19 aromatic carbocycles. The maximum atomic E-state index is 6.97. The van der Waals surface area contributed by atoms with E-state index in [0.717, 1.165) is 144 Å². The predicted octanol–water partition coefficient (Wildman–Crippen LogP) is 34.0. The Labute approximate surface area is 734 Å². The lowest BCUT2D eigenvalue weighted by molar-refractivity contribution is 0.659. The van der Waals surface area contributed by atoms with E-state index in [4.69, 9.17) is 8.83 Å². The highest BCUT2D eigenvalue weighted by atomic mass is 16.3. The van der Waals surface area contributed by atoms with Crippen LogP contribution in [0.4, 0.5) is 34.1 Å². The molecular formula is C122H88N2O2. The smallest absolute Gasteiger partial charge is 0.143 e.